The predicted octanol–water partition coefficient (Wildman–Crippen LogP) is 2.02. The highest BCUT2D eigenvalue weighted by Crippen LogP contribution is 2.26. The van der Waals surface area contributed by atoms with Crippen molar-refractivity contribution in [3.05, 3.63) is 0 Å². The summed E-state index contributed by atoms with van der Waals surface area (Å²) in [5, 5.41) is 0. The molecule has 20 heavy (non-hydrogen) atoms. The van der Waals surface area contributed by atoms with E-state index in [1.54, 1.807) is 0 Å². The first-order chi connectivity index (χ1) is 9.11. The molecule has 1 aliphatic rings. The van der Waals surface area contributed by atoms with E-state index in [1.165, 1.54) is 0 Å². The van der Waals surface area contributed by atoms with Gasteiger partial charge in [-0.2, -0.15) is 0 Å². The van der Waals surface area contributed by atoms with Crippen molar-refractivity contribution in [3.8, 4) is 0 Å². The molecule has 2 atom stereocenters. The molecule has 0 bridgehead atoms. The zero-order chi connectivity index (χ0) is 15.4. The first-order valence-electron chi connectivity index (χ1n) is 7.32. The zero-order valence-corrected chi connectivity index (χ0v) is 13.4. The van der Waals surface area contributed by atoms with Gasteiger partial charge in [-0.3, -0.25) is 4.79 Å². The molecule has 1 rings (SSSR count). The molecule has 0 spiro atoms. The molecular formula is C15H29NO4. The Morgan fingerprint density at radius 2 is 2.00 bits per heavy atom. The van der Waals surface area contributed by atoms with Crippen LogP contribution in [0.2, 0.25) is 0 Å². The maximum Gasteiger partial charge on any atom is 0.308 e. The Morgan fingerprint density at radius 3 is 2.55 bits per heavy atom. The second-order valence-electron chi connectivity index (χ2n) is 7.04. The van der Waals surface area contributed by atoms with Crippen LogP contribution < -0.4 is 5.73 Å². The Hall–Kier alpha value is -0.650. The van der Waals surface area contributed by atoms with Gasteiger partial charge in [-0.1, -0.05) is 0 Å². The van der Waals surface area contributed by atoms with Crippen LogP contribution in [-0.2, 0) is 19.0 Å². The number of ether oxygens (including phenoxy) is 3. The Balaban J connectivity index is 2.58. The molecule has 1 fully saturated rings. The highest BCUT2D eigenvalue weighted by atomic mass is 16.6. The van der Waals surface area contributed by atoms with Crippen molar-refractivity contribution in [1.29, 1.82) is 0 Å². The van der Waals surface area contributed by atoms with Crippen molar-refractivity contribution in [1.82, 2.24) is 0 Å². The van der Waals surface area contributed by atoms with Crippen molar-refractivity contribution in [2.45, 2.75) is 77.3 Å². The van der Waals surface area contributed by atoms with Crippen LogP contribution in [0.1, 0.15) is 53.9 Å². The molecular weight excluding hydrogens is 258 g/mol. The highest BCUT2D eigenvalue weighted by Gasteiger charge is 2.33. The molecule has 0 aliphatic carbocycles. The van der Waals surface area contributed by atoms with E-state index in [1.807, 2.05) is 34.6 Å². The van der Waals surface area contributed by atoms with Crippen molar-refractivity contribution < 1.29 is 19.0 Å². The summed E-state index contributed by atoms with van der Waals surface area (Å²) < 4.78 is 17.2. The second kappa shape index (κ2) is 6.87. The van der Waals surface area contributed by atoms with Crippen molar-refractivity contribution in [2.75, 3.05) is 13.2 Å². The van der Waals surface area contributed by atoms with Crippen molar-refractivity contribution in [3.63, 3.8) is 0 Å². The van der Waals surface area contributed by atoms with Crippen LogP contribution in [0.3, 0.4) is 0 Å². The molecule has 0 aromatic rings. The molecule has 5 heteroatoms. The van der Waals surface area contributed by atoms with Gasteiger partial charge in [0.05, 0.1) is 30.8 Å². The molecule has 1 aliphatic heterocycles. The lowest BCUT2D eigenvalue weighted by Crippen LogP contribution is -2.33. The lowest BCUT2D eigenvalue weighted by Gasteiger charge is -2.26. The number of rotatable bonds is 4. The molecule has 0 unspecified atom stereocenters. The van der Waals surface area contributed by atoms with Crippen LogP contribution in [0.4, 0.5) is 0 Å². The van der Waals surface area contributed by atoms with E-state index in [2.05, 4.69) is 0 Å². The van der Waals surface area contributed by atoms with E-state index in [-0.39, 0.29) is 30.2 Å². The fourth-order valence-corrected chi connectivity index (χ4v) is 2.29. The van der Waals surface area contributed by atoms with E-state index < -0.39 is 5.60 Å². The molecule has 118 valence electrons. The van der Waals surface area contributed by atoms with E-state index in [0.29, 0.717) is 19.6 Å². The predicted molar refractivity (Wildman–Crippen MR) is 77.4 cm³/mol. The number of nitrogens with two attached hydrogens (primary N) is 1. The molecule has 1 heterocycles. The SMILES string of the molecule is CC(C)(C)OC(=O)C[C@H]1C[C@@H](CCN)OC(C)(C)CO1. The zero-order valence-electron chi connectivity index (χ0n) is 13.4. The van der Waals surface area contributed by atoms with Gasteiger partial charge in [-0.25, -0.2) is 0 Å². The molecule has 0 amide bonds. The summed E-state index contributed by atoms with van der Waals surface area (Å²) in [7, 11) is 0. The summed E-state index contributed by atoms with van der Waals surface area (Å²) in [6.07, 6.45) is 1.59. The van der Waals surface area contributed by atoms with E-state index in [0.717, 1.165) is 6.42 Å². The minimum Gasteiger partial charge on any atom is -0.460 e. The summed E-state index contributed by atoms with van der Waals surface area (Å²) in [4.78, 5) is 11.9. The maximum atomic E-state index is 11.9. The fraction of sp³-hybridized carbons (Fsp3) is 0.933. The van der Waals surface area contributed by atoms with Crippen LogP contribution in [0.25, 0.3) is 0 Å². The molecule has 2 N–H and O–H groups in total. The third-order valence-corrected chi connectivity index (χ3v) is 2.98. The summed E-state index contributed by atoms with van der Waals surface area (Å²) in [6.45, 7) is 10.6. The van der Waals surface area contributed by atoms with Gasteiger partial charge in [-0.05, 0) is 47.6 Å². The lowest BCUT2D eigenvalue weighted by atomic mass is 10.1. The molecule has 0 aromatic heterocycles. The van der Waals surface area contributed by atoms with Gasteiger partial charge < -0.3 is 19.9 Å². The van der Waals surface area contributed by atoms with Gasteiger partial charge in [0.1, 0.15) is 5.60 Å². The average molecular weight is 287 g/mol. The summed E-state index contributed by atoms with van der Waals surface area (Å²) >= 11 is 0. The van der Waals surface area contributed by atoms with Gasteiger partial charge in [0.2, 0.25) is 0 Å². The number of hydrogen-bond donors (Lipinski definition) is 1. The van der Waals surface area contributed by atoms with Gasteiger partial charge in [0, 0.05) is 6.42 Å². The number of carbonyl (C=O) groups is 1. The number of carbonyl (C=O) groups excluding carboxylic acids is 1. The van der Waals surface area contributed by atoms with E-state index >= 15 is 0 Å². The topological polar surface area (TPSA) is 70.8 Å². The smallest absolute Gasteiger partial charge is 0.308 e. The second-order valence-corrected chi connectivity index (χ2v) is 7.04. The molecule has 0 saturated carbocycles. The Labute approximate surface area is 122 Å². The normalized spacial score (nSPS) is 26.9. The summed E-state index contributed by atoms with van der Waals surface area (Å²) in [5.74, 6) is -0.228. The van der Waals surface area contributed by atoms with E-state index in [9.17, 15) is 4.79 Å². The third-order valence-electron chi connectivity index (χ3n) is 2.98. The van der Waals surface area contributed by atoms with Gasteiger partial charge in [0.25, 0.3) is 0 Å². The van der Waals surface area contributed by atoms with Crippen LogP contribution in [0.5, 0.6) is 0 Å². The molecule has 1 saturated heterocycles. The van der Waals surface area contributed by atoms with Crippen LogP contribution in [-0.4, -0.2) is 42.5 Å². The Kier molecular flexibility index (Phi) is 5.98. The standard InChI is InChI=1S/C15H29NO4/c1-14(2,3)20-13(17)9-12-8-11(6-7-16)19-15(4,5)10-18-12/h11-12H,6-10,16H2,1-5H3/t11-,12-/m1/s1. The molecule has 0 radical (unpaired) electrons. The average Bonchev–Trinajstić information content (AvgIpc) is 2.35. The van der Waals surface area contributed by atoms with Crippen molar-refractivity contribution >= 4 is 5.97 Å². The largest absolute Gasteiger partial charge is 0.460 e. The Bertz CT molecular complexity index is 322. The first kappa shape index (κ1) is 17.4. The monoisotopic (exact) mass is 287 g/mol. The van der Waals surface area contributed by atoms with Crippen LogP contribution >= 0.6 is 0 Å². The van der Waals surface area contributed by atoms with Crippen molar-refractivity contribution in [2.24, 2.45) is 5.73 Å². The summed E-state index contributed by atoms with van der Waals surface area (Å²) in [5.41, 5.74) is 4.81. The van der Waals surface area contributed by atoms with Gasteiger partial charge in [0.15, 0.2) is 0 Å². The third kappa shape index (κ3) is 6.68. The maximum absolute atomic E-state index is 11.9. The highest BCUT2D eigenvalue weighted by molar-refractivity contribution is 5.70. The number of esters is 1. The quantitative estimate of drug-likeness (QED) is 0.801. The number of hydrogen-bond acceptors (Lipinski definition) is 5. The molecule has 0 aromatic carbocycles. The minimum atomic E-state index is -0.464. The lowest BCUT2D eigenvalue weighted by molar-refractivity contribution is -0.158. The summed E-state index contributed by atoms with van der Waals surface area (Å²) in [6, 6.07) is 0. The van der Waals surface area contributed by atoms with Crippen LogP contribution in [0, 0.1) is 0 Å². The first-order valence-corrected chi connectivity index (χ1v) is 7.32. The van der Waals surface area contributed by atoms with E-state index in [4.69, 9.17) is 19.9 Å². The fourth-order valence-electron chi connectivity index (χ4n) is 2.29. The van der Waals surface area contributed by atoms with Crippen LogP contribution in [0.15, 0.2) is 0 Å². The van der Waals surface area contributed by atoms with Gasteiger partial charge >= 0.3 is 5.97 Å². The molecule has 5 nitrogen and oxygen atoms in total. The Morgan fingerprint density at radius 1 is 1.35 bits per heavy atom. The minimum absolute atomic E-state index is 0.0323. The van der Waals surface area contributed by atoms with Gasteiger partial charge in [-0.15, -0.1) is 0 Å².